The van der Waals surface area contributed by atoms with E-state index in [1.807, 2.05) is 12.1 Å². The number of hydrogen-bond donors (Lipinski definition) is 1. The zero-order chi connectivity index (χ0) is 22.1. The van der Waals surface area contributed by atoms with Crippen LogP contribution in [0.15, 0.2) is 65.8 Å². The highest BCUT2D eigenvalue weighted by Gasteiger charge is 2.33. The van der Waals surface area contributed by atoms with E-state index in [1.54, 1.807) is 42.6 Å². The summed E-state index contributed by atoms with van der Waals surface area (Å²) in [5.74, 6) is -0.0779. The van der Waals surface area contributed by atoms with Gasteiger partial charge in [0.1, 0.15) is 5.75 Å². The highest BCUT2D eigenvalue weighted by Crippen LogP contribution is 2.33. The number of hydrogen-bond acceptors (Lipinski definition) is 5. The fourth-order valence-electron chi connectivity index (χ4n) is 4.36. The van der Waals surface area contributed by atoms with Crippen molar-refractivity contribution in [1.82, 2.24) is 5.43 Å². The normalized spacial score (nSPS) is 16.2. The van der Waals surface area contributed by atoms with Crippen LogP contribution in [0.4, 0.5) is 10.5 Å². The van der Waals surface area contributed by atoms with E-state index in [0.717, 1.165) is 23.1 Å². The van der Waals surface area contributed by atoms with Gasteiger partial charge in [0.2, 0.25) is 0 Å². The lowest BCUT2D eigenvalue weighted by atomic mass is 9.94. The summed E-state index contributed by atoms with van der Waals surface area (Å²) in [7, 11) is 0. The van der Waals surface area contributed by atoms with Gasteiger partial charge in [0, 0.05) is 22.7 Å². The molecular weight excluding hydrogens is 406 g/mol. The first-order valence-electron chi connectivity index (χ1n) is 10.6. The Balaban J connectivity index is 1.31. The number of benzene rings is 3. The molecule has 160 valence electrons. The first-order valence-corrected chi connectivity index (χ1v) is 10.6. The maximum Gasteiger partial charge on any atom is 0.433 e. The summed E-state index contributed by atoms with van der Waals surface area (Å²) in [6, 6.07) is 17.1. The van der Waals surface area contributed by atoms with Crippen LogP contribution in [-0.4, -0.2) is 24.1 Å². The Morgan fingerprint density at radius 1 is 0.938 bits per heavy atom. The minimum Gasteiger partial charge on any atom is -0.409 e. The van der Waals surface area contributed by atoms with Gasteiger partial charge in [-0.05, 0) is 60.5 Å². The van der Waals surface area contributed by atoms with Gasteiger partial charge in [0.25, 0.3) is 11.8 Å². The molecule has 1 aliphatic heterocycles. The SMILES string of the molecule is O=C(N/N=C/C1CCCC1)Oc1ccc(N2C(=O)c3cccc4cccc(c34)C2=O)cc1. The van der Waals surface area contributed by atoms with Crippen molar-refractivity contribution in [2.24, 2.45) is 11.0 Å². The average molecular weight is 427 g/mol. The zero-order valence-corrected chi connectivity index (χ0v) is 17.3. The Labute approximate surface area is 184 Å². The smallest absolute Gasteiger partial charge is 0.409 e. The molecule has 0 spiro atoms. The first-order chi connectivity index (χ1) is 15.6. The quantitative estimate of drug-likeness (QED) is 0.364. The van der Waals surface area contributed by atoms with Crippen molar-refractivity contribution in [3.05, 3.63) is 71.8 Å². The molecule has 3 aromatic carbocycles. The van der Waals surface area contributed by atoms with Crippen LogP contribution in [0.1, 0.15) is 46.4 Å². The number of carbonyl (C=O) groups excluding carboxylic acids is 3. The van der Waals surface area contributed by atoms with Crippen LogP contribution in [0, 0.1) is 5.92 Å². The summed E-state index contributed by atoms with van der Waals surface area (Å²) in [5, 5.41) is 5.48. The Morgan fingerprint density at radius 2 is 1.56 bits per heavy atom. The standard InChI is InChI=1S/C25H21N3O4/c29-23-20-9-3-7-17-8-4-10-21(22(17)20)24(30)28(23)18-11-13-19(14-12-18)32-25(31)27-26-15-16-5-1-2-6-16/h3-4,7-16H,1-2,5-6H2,(H,27,31)/b26-15+. The second-order valence-electron chi connectivity index (χ2n) is 7.97. The zero-order valence-electron chi connectivity index (χ0n) is 17.3. The van der Waals surface area contributed by atoms with E-state index in [-0.39, 0.29) is 17.6 Å². The molecule has 1 saturated carbocycles. The average Bonchev–Trinajstić information content (AvgIpc) is 3.32. The maximum absolute atomic E-state index is 13.1. The van der Waals surface area contributed by atoms with Gasteiger partial charge in [-0.15, -0.1) is 0 Å². The third-order valence-electron chi connectivity index (χ3n) is 5.92. The summed E-state index contributed by atoms with van der Waals surface area (Å²) in [6.07, 6.45) is 5.62. The molecule has 0 radical (unpaired) electrons. The van der Waals surface area contributed by atoms with Crippen molar-refractivity contribution >= 4 is 40.6 Å². The monoisotopic (exact) mass is 427 g/mol. The van der Waals surface area contributed by atoms with E-state index in [0.29, 0.717) is 28.1 Å². The van der Waals surface area contributed by atoms with Crippen LogP contribution in [0.2, 0.25) is 0 Å². The molecule has 1 heterocycles. The lowest BCUT2D eigenvalue weighted by Gasteiger charge is -2.27. The second kappa shape index (κ2) is 8.26. The van der Waals surface area contributed by atoms with Crippen molar-refractivity contribution in [2.75, 3.05) is 4.90 Å². The third-order valence-corrected chi connectivity index (χ3v) is 5.92. The topological polar surface area (TPSA) is 88.1 Å². The predicted molar refractivity (Wildman–Crippen MR) is 121 cm³/mol. The van der Waals surface area contributed by atoms with E-state index in [1.165, 1.54) is 25.0 Å². The minimum absolute atomic E-state index is 0.279. The largest absolute Gasteiger partial charge is 0.433 e. The van der Waals surface area contributed by atoms with Gasteiger partial charge >= 0.3 is 6.09 Å². The number of ether oxygens (including phenoxy) is 1. The van der Waals surface area contributed by atoms with Gasteiger partial charge in [-0.3, -0.25) is 9.59 Å². The fraction of sp³-hybridized carbons (Fsp3) is 0.200. The molecule has 0 bridgehead atoms. The molecule has 1 aliphatic carbocycles. The van der Waals surface area contributed by atoms with Crippen molar-refractivity contribution in [1.29, 1.82) is 0 Å². The van der Waals surface area contributed by atoms with Crippen molar-refractivity contribution in [3.8, 4) is 5.75 Å². The summed E-state index contributed by atoms with van der Waals surface area (Å²) in [4.78, 5) is 39.3. The van der Waals surface area contributed by atoms with Crippen LogP contribution in [0.25, 0.3) is 10.8 Å². The summed E-state index contributed by atoms with van der Waals surface area (Å²) < 4.78 is 5.23. The molecule has 0 saturated heterocycles. The summed E-state index contributed by atoms with van der Waals surface area (Å²) in [5.41, 5.74) is 3.73. The number of hydrazone groups is 1. The van der Waals surface area contributed by atoms with Gasteiger partial charge in [-0.2, -0.15) is 5.10 Å². The highest BCUT2D eigenvalue weighted by atomic mass is 16.6. The van der Waals surface area contributed by atoms with E-state index in [2.05, 4.69) is 10.5 Å². The summed E-state index contributed by atoms with van der Waals surface area (Å²) in [6.45, 7) is 0. The highest BCUT2D eigenvalue weighted by molar-refractivity contribution is 6.35. The number of rotatable bonds is 4. The third kappa shape index (κ3) is 3.62. The van der Waals surface area contributed by atoms with Crippen LogP contribution >= 0.6 is 0 Å². The van der Waals surface area contributed by atoms with Gasteiger partial charge < -0.3 is 4.74 Å². The van der Waals surface area contributed by atoms with E-state index in [4.69, 9.17) is 4.74 Å². The molecule has 32 heavy (non-hydrogen) atoms. The van der Waals surface area contributed by atoms with Crippen LogP contribution in [0.5, 0.6) is 5.75 Å². The van der Waals surface area contributed by atoms with E-state index >= 15 is 0 Å². The molecule has 0 unspecified atom stereocenters. The molecule has 2 aliphatic rings. The van der Waals surface area contributed by atoms with E-state index in [9.17, 15) is 14.4 Å². The number of nitrogens with zero attached hydrogens (tertiary/aromatic N) is 2. The van der Waals surface area contributed by atoms with E-state index < -0.39 is 6.09 Å². The maximum atomic E-state index is 13.1. The predicted octanol–water partition coefficient (Wildman–Crippen LogP) is 4.90. The number of amides is 3. The Morgan fingerprint density at radius 3 is 2.19 bits per heavy atom. The molecule has 1 N–H and O–H groups in total. The molecule has 5 rings (SSSR count). The first kappa shape index (κ1) is 19.9. The van der Waals surface area contributed by atoms with Crippen LogP contribution in [0.3, 0.4) is 0 Å². The molecule has 0 atom stereocenters. The molecule has 3 amide bonds. The molecular formula is C25H21N3O4. The second-order valence-corrected chi connectivity index (χ2v) is 7.97. The lowest BCUT2D eigenvalue weighted by Crippen LogP contribution is -2.40. The fourth-order valence-corrected chi connectivity index (χ4v) is 4.36. The number of anilines is 1. The molecule has 7 nitrogen and oxygen atoms in total. The van der Waals surface area contributed by atoms with Crippen molar-refractivity contribution < 1.29 is 19.1 Å². The molecule has 0 aromatic heterocycles. The minimum atomic E-state index is -0.697. The van der Waals surface area contributed by atoms with Gasteiger partial charge in [-0.1, -0.05) is 37.1 Å². The van der Waals surface area contributed by atoms with Gasteiger partial charge in [0.15, 0.2) is 0 Å². The summed E-state index contributed by atoms with van der Waals surface area (Å²) >= 11 is 0. The molecule has 1 fully saturated rings. The van der Waals surface area contributed by atoms with Crippen LogP contribution < -0.4 is 15.1 Å². The Kier molecular flexibility index (Phi) is 5.15. The Bertz CT molecular complexity index is 1190. The molecule has 7 heteroatoms. The number of nitrogens with one attached hydrogen (secondary N) is 1. The number of carbonyl (C=O) groups is 3. The van der Waals surface area contributed by atoms with Gasteiger partial charge in [0.05, 0.1) is 5.69 Å². The van der Waals surface area contributed by atoms with Crippen molar-refractivity contribution in [3.63, 3.8) is 0 Å². The number of imide groups is 1. The lowest BCUT2D eigenvalue weighted by molar-refractivity contribution is 0.0893. The van der Waals surface area contributed by atoms with Gasteiger partial charge in [-0.25, -0.2) is 15.1 Å². The molecule has 3 aromatic rings. The van der Waals surface area contributed by atoms with Crippen molar-refractivity contribution in [2.45, 2.75) is 25.7 Å². The Hall–Kier alpha value is -4.00. The van der Waals surface area contributed by atoms with Crippen LogP contribution in [-0.2, 0) is 0 Å².